The van der Waals surface area contributed by atoms with Crippen molar-refractivity contribution in [1.29, 1.82) is 0 Å². The highest BCUT2D eigenvalue weighted by Gasteiger charge is 1.86. The van der Waals surface area contributed by atoms with Crippen LogP contribution in [0.25, 0.3) is 0 Å². The summed E-state index contributed by atoms with van der Waals surface area (Å²) in [5.74, 6) is 5.07. The molecule has 0 bridgehead atoms. The highest BCUT2D eigenvalue weighted by molar-refractivity contribution is 4.86. The van der Waals surface area contributed by atoms with E-state index in [1.807, 2.05) is 0 Å². The van der Waals surface area contributed by atoms with Crippen molar-refractivity contribution in [3.63, 3.8) is 0 Å². The first-order chi connectivity index (χ1) is 4.27. The minimum Gasteiger partial charge on any atom is -0.271 e. The van der Waals surface area contributed by atoms with Gasteiger partial charge in [0.1, 0.15) is 0 Å². The monoisotopic (exact) mass is 128 g/mol. The van der Waals surface area contributed by atoms with E-state index in [4.69, 9.17) is 5.84 Å². The summed E-state index contributed by atoms with van der Waals surface area (Å²) in [6, 6.07) is 0. The van der Waals surface area contributed by atoms with E-state index in [9.17, 15) is 0 Å². The molecule has 0 saturated heterocycles. The van der Waals surface area contributed by atoms with Crippen LogP contribution in [-0.2, 0) is 0 Å². The predicted molar refractivity (Wildman–Crippen MR) is 40.9 cm³/mol. The third kappa shape index (κ3) is 7.66. The molecule has 54 valence electrons. The number of allylic oxidation sites excluding steroid dienone is 1. The number of hydrogen-bond donors (Lipinski definition) is 2. The summed E-state index contributed by atoms with van der Waals surface area (Å²) in [4.78, 5) is 0. The molecule has 0 heterocycles. The van der Waals surface area contributed by atoms with Gasteiger partial charge in [-0.15, -0.1) is 6.58 Å². The summed E-state index contributed by atoms with van der Waals surface area (Å²) in [5, 5.41) is 0. The summed E-state index contributed by atoms with van der Waals surface area (Å²) in [6.45, 7) is 6.76. The van der Waals surface area contributed by atoms with Crippen LogP contribution in [0.5, 0.6) is 0 Å². The van der Waals surface area contributed by atoms with Crippen molar-refractivity contribution in [3.8, 4) is 0 Å². The van der Waals surface area contributed by atoms with E-state index in [1.54, 1.807) is 0 Å². The van der Waals surface area contributed by atoms with Crippen molar-refractivity contribution in [1.82, 2.24) is 5.43 Å². The molecule has 3 N–H and O–H groups in total. The first-order valence-corrected chi connectivity index (χ1v) is 3.35. The molecule has 0 aliphatic carbocycles. The smallest absolute Gasteiger partial charge is 0.00975 e. The Balaban J connectivity index is 2.83. The van der Waals surface area contributed by atoms with Gasteiger partial charge in [0.25, 0.3) is 0 Å². The topological polar surface area (TPSA) is 38.0 Å². The lowest BCUT2D eigenvalue weighted by atomic mass is 10.1. The molecule has 0 fully saturated rings. The van der Waals surface area contributed by atoms with Gasteiger partial charge in [-0.1, -0.05) is 5.57 Å². The van der Waals surface area contributed by atoms with E-state index in [1.165, 1.54) is 12.0 Å². The highest BCUT2D eigenvalue weighted by Crippen LogP contribution is 2.01. The molecule has 0 aromatic rings. The zero-order chi connectivity index (χ0) is 7.11. The third-order valence-electron chi connectivity index (χ3n) is 1.17. The lowest BCUT2D eigenvalue weighted by molar-refractivity contribution is 0.644. The molecule has 0 aliphatic rings. The summed E-state index contributed by atoms with van der Waals surface area (Å²) < 4.78 is 0. The van der Waals surface area contributed by atoms with Gasteiger partial charge in [-0.05, 0) is 26.2 Å². The van der Waals surface area contributed by atoms with Gasteiger partial charge in [0.05, 0.1) is 0 Å². The molecule has 0 rings (SSSR count). The molecule has 0 aromatic heterocycles. The molecule has 0 aromatic carbocycles. The fourth-order valence-electron chi connectivity index (χ4n) is 0.654. The maximum absolute atomic E-state index is 5.07. The molecule has 9 heavy (non-hydrogen) atoms. The van der Waals surface area contributed by atoms with Crippen LogP contribution in [0.2, 0.25) is 0 Å². The Morgan fingerprint density at radius 2 is 2.22 bits per heavy atom. The fraction of sp³-hybridized carbons (Fsp3) is 0.714. The van der Waals surface area contributed by atoms with Gasteiger partial charge in [-0.2, -0.15) is 0 Å². The standard InChI is InChI=1S/C7H16N2/c1-7(2)5-3-4-6-9-8/h9H,1,3-6,8H2,2H3. The highest BCUT2D eigenvalue weighted by atomic mass is 15.2. The number of unbranched alkanes of at least 4 members (excludes halogenated alkanes) is 1. The van der Waals surface area contributed by atoms with Crippen LogP contribution in [0.3, 0.4) is 0 Å². The Labute approximate surface area is 57.1 Å². The van der Waals surface area contributed by atoms with Crippen LogP contribution in [0.4, 0.5) is 0 Å². The van der Waals surface area contributed by atoms with Crippen molar-refractivity contribution in [2.75, 3.05) is 6.54 Å². The Kier molecular flexibility index (Phi) is 5.57. The Hall–Kier alpha value is -0.340. The third-order valence-corrected chi connectivity index (χ3v) is 1.17. The van der Waals surface area contributed by atoms with Crippen LogP contribution in [-0.4, -0.2) is 6.54 Å². The van der Waals surface area contributed by atoms with Crippen LogP contribution in [0.1, 0.15) is 26.2 Å². The predicted octanol–water partition coefficient (Wildman–Crippen LogP) is 1.20. The van der Waals surface area contributed by atoms with Gasteiger partial charge in [0.2, 0.25) is 0 Å². The van der Waals surface area contributed by atoms with Crippen LogP contribution in [0, 0.1) is 0 Å². The molecule has 2 nitrogen and oxygen atoms in total. The second kappa shape index (κ2) is 5.79. The first-order valence-electron chi connectivity index (χ1n) is 3.35. The second-order valence-electron chi connectivity index (χ2n) is 2.37. The van der Waals surface area contributed by atoms with Crippen LogP contribution in [0.15, 0.2) is 12.2 Å². The van der Waals surface area contributed by atoms with Gasteiger partial charge in [-0.25, -0.2) is 0 Å². The largest absolute Gasteiger partial charge is 0.271 e. The summed E-state index contributed by atoms with van der Waals surface area (Å²) in [7, 11) is 0. The molecule has 0 saturated carbocycles. The number of nitrogens with two attached hydrogens (primary N) is 1. The van der Waals surface area contributed by atoms with Crippen molar-refractivity contribution in [3.05, 3.63) is 12.2 Å². The van der Waals surface area contributed by atoms with Crippen molar-refractivity contribution < 1.29 is 0 Å². The van der Waals surface area contributed by atoms with E-state index in [0.717, 1.165) is 19.4 Å². The van der Waals surface area contributed by atoms with E-state index in [2.05, 4.69) is 18.9 Å². The Bertz CT molecular complexity index is 79.0. The number of rotatable bonds is 5. The molecule has 0 atom stereocenters. The normalized spacial score (nSPS) is 9.56. The van der Waals surface area contributed by atoms with E-state index >= 15 is 0 Å². The van der Waals surface area contributed by atoms with Crippen LogP contribution >= 0.6 is 0 Å². The van der Waals surface area contributed by atoms with Gasteiger partial charge in [0, 0.05) is 6.54 Å². The van der Waals surface area contributed by atoms with Crippen LogP contribution < -0.4 is 11.3 Å². The summed E-state index contributed by atoms with van der Waals surface area (Å²) >= 11 is 0. The minimum absolute atomic E-state index is 0.910. The van der Waals surface area contributed by atoms with E-state index < -0.39 is 0 Å². The maximum Gasteiger partial charge on any atom is 0.00975 e. The maximum atomic E-state index is 5.07. The summed E-state index contributed by atoms with van der Waals surface area (Å²) in [5.41, 5.74) is 3.87. The summed E-state index contributed by atoms with van der Waals surface area (Å²) in [6.07, 6.45) is 3.46. The first kappa shape index (κ1) is 8.66. The number of nitrogens with one attached hydrogen (secondary N) is 1. The van der Waals surface area contributed by atoms with E-state index in [0.29, 0.717) is 0 Å². The molecular formula is C7H16N2. The average molecular weight is 128 g/mol. The van der Waals surface area contributed by atoms with Crippen molar-refractivity contribution in [2.24, 2.45) is 5.84 Å². The lowest BCUT2D eigenvalue weighted by Gasteiger charge is -1.98. The molecule has 0 amide bonds. The zero-order valence-corrected chi connectivity index (χ0v) is 6.11. The van der Waals surface area contributed by atoms with Gasteiger partial charge in [0.15, 0.2) is 0 Å². The van der Waals surface area contributed by atoms with Gasteiger partial charge < -0.3 is 0 Å². The molecular weight excluding hydrogens is 112 g/mol. The Morgan fingerprint density at radius 3 is 2.67 bits per heavy atom. The molecule has 0 radical (unpaired) electrons. The zero-order valence-electron chi connectivity index (χ0n) is 6.11. The van der Waals surface area contributed by atoms with E-state index in [-0.39, 0.29) is 0 Å². The van der Waals surface area contributed by atoms with Crippen molar-refractivity contribution >= 4 is 0 Å². The van der Waals surface area contributed by atoms with Gasteiger partial charge in [-0.3, -0.25) is 11.3 Å². The molecule has 2 heteroatoms. The molecule has 0 aliphatic heterocycles. The fourth-order valence-corrected chi connectivity index (χ4v) is 0.654. The second-order valence-corrected chi connectivity index (χ2v) is 2.37. The quantitative estimate of drug-likeness (QED) is 0.253. The molecule has 0 spiro atoms. The Morgan fingerprint density at radius 1 is 1.56 bits per heavy atom. The SMILES string of the molecule is C=C(C)CCCCNN. The molecule has 0 unspecified atom stereocenters. The minimum atomic E-state index is 0.910. The average Bonchev–Trinajstić information content (AvgIpc) is 1.80. The lowest BCUT2D eigenvalue weighted by Crippen LogP contribution is -2.22. The number of hydrogen-bond acceptors (Lipinski definition) is 2. The van der Waals surface area contributed by atoms with Crippen molar-refractivity contribution in [2.45, 2.75) is 26.2 Å². The van der Waals surface area contributed by atoms with Gasteiger partial charge >= 0.3 is 0 Å². The number of hydrazine groups is 1.